The summed E-state index contributed by atoms with van der Waals surface area (Å²) in [6, 6.07) is 20.5. The monoisotopic (exact) mass is 363 g/mol. The maximum Gasteiger partial charge on any atom is 0.207 e. The van der Waals surface area contributed by atoms with E-state index in [4.69, 9.17) is 17.2 Å². The number of nitrogens with one attached hydrogen (secondary N) is 2. The first-order valence-electron chi connectivity index (χ1n) is 8.09. The number of hydrogen-bond acceptors (Lipinski definition) is 4. The van der Waals surface area contributed by atoms with Gasteiger partial charge in [-0.25, -0.2) is 4.98 Å². The first-order chi connectivity index (χ1) is 12.2. The highest BCUT2D eigenvalue weighted by Gasteiger charge is 2.13. The molecule has 2 aromatic heterocycles. The van der Waals surface area contributed by atoms with Crippen LogP contribution in [0.4, 0.5) is 11.6 Å². The summed E-state index contributed by atoms with van der Waals surface area (Å²) in [5.74, 6) is 0.677. The van der Waals surface area contributed by atoms with E-state index in [1.54, 1.807) is 11.3 Å². The lowest BCUT2D eigenvalue weighted by atomic mass is 10.1. The van der Waals surface area contributed by atoms with Gasteiger partial charge in [0, 0.05) is 22.4 Å². The van der Waals surface area contributed by atoms with Crippen LogP contribution in [0.2, 0.25) is 0 Å². The molecule has 124 valence electrons. The average molecular weight is 364 g/mol. The van der Waals surface area contributed by atoms with Crippen molar-refractivity contribution in [2.24, 2.45) is 0 Å². The SMILES string of the molecule is Cc1c(Cc2ccccc2)sc2nc(Nc3ccccc3)[nH]c(=S)c12. The van der Waals surface area contributed by atoms with Gasteiger partial charge in [0.2, 0.25) is 5.95 Å². The van der Waals surface area contributed by atoms with Crippen molar-refractivity contribution >= 4 is 45.4 Å². The van der Waals surface area contributed by atoms with Gasteiger partial charge in [0.05, 0.1) is 0 Å². The second kappa shape index (κ2) is 6.78. The number of fused-ring (bicyclic) bond motifs is 1. The van der Waals surface area contributed by atoms with E-state index < -0.39 is 0 Å². The number of thiophene rings is 1. The molecular formula is C20H17N3S2. The first kappa shape index (κ1) is 16.0. The Morgan fingerprint density at radius 3 is 2.44 bits per heavy atom. The number of hydrogen-bond donors (Lipinski definition) is 2. The Labute approximate surface area is 155 Å². The van der Waals surface area contributed by atoms with Crippen molar-refractivity contribution in [2.45, 2.75) is 13.3 Å². The minimum absolute atomic E-state index is 0.677. The molecule has 0 radical (unpaired) electrons. The Morgan fingerprint density at radius 2 is 1.72 bits per heavy atom. The second-order valence-electron chi connectivity index (χ2n) is 5.90. The summed E-state index contributed by atoms with van der Waals surface area (Å²) in [5.41, 5.74) is 3.51. The quantitative estimate of drug-likeness (QED) is 0.437. The third-order valence-corrected chi connectivity index (χ3v) is 5.64. The summed E-state index contributed by atoms with van der Waals surface area (Å²) in [6.07, 6.45) is 0.907. The van der Waals surface area contributed by atoms with E-state index in [-0.39, 0.29) is 0 Å². The van der Waals surface area contributed by atoms with Crippen molar-refractivity contribution < 1.29 is 0 Å². The van der Waals surface area contributed by atoms with Crippen molar-refractivity contribution in [3.05, 3.63) is 81.3 Å². The Hall–Kier alpha value is -2.50. The molecule has 0 saturated carbocycles. The van der Waals surface area contributed by atoms with Crippen LogP contribution in [0.25, 0.3) is 10.2 Å². The van der Waals surface area contributed by atoms with Crippen LogP contribution in [0.3, 0.4) is 0 Å². The number of aryl methyl sites for hydroxylation is 1. The number of H-pyrrole nitrogens is 1. The summed E-state index contributed by atoms with van der Waals surface area (Å²) in [7, 11) is 0. The zero-order valence-corrected chi connectivity index (χ0v) is 15.4. The highest BCUT2D eigenvalue weighted by molar-refractivity contribution is 7.71. The van der Waals surface area contributed by atoms with Gasteiger partial charge in [-0.15, -0.1) is 11.3 Å². The van der Waals surface area contributed by atoms with Crippen molar-refractivity contribution in [3.8, 4) is 0 Å². The summed E-state index contributed by atoms with van der Waals surface area (Å²) in [4.78, 5) is 10.2. The number of para-hydroxylation sites is 1. The third-order valence-electron chi connectivity index (χ3n) is 4.14. The fraction of sp³-hybridized carbons (Fsp3) is 0.100. The Bertz CT molecular complexity index is 1070. The van der Waals surface area contributed by atoms with E-state index in [0.29, 0.717) is 5.95 Å². The molecule has 0 bridgehead atoms. The van der Waals surface area contributed by atoms with Crippen LogP contribution in [0.15, 0.2) is 60.7 Å². The Kier molecular flexibility index (Phi) is 4.34. The van der Waals surface area contributed by atoms with Crippen LogP contribution in [0, 0.1) is 11.6 Å². The lowest BCUT2D eigenvalue weighted by Crippen LogP contribution is -1.97. The predicted molar refractivity (Wildman–Crippen MR) is 109 cm³/mol. The van der Waals surface area contributed by atoms with E-state index >= 15 is 0 Å². The second-order valence-corrected chi connectivity index (χ2v) is 7.39. The molecule has 4 rings (SSSR count). The Balaban J connectivity index is 1.73. The number of rotatable bonds is 4. The molecule has 0 aliphatic heterocycles. The number of benzene rings is 2. The van der Waals surface area contributed by atoms with Gasteiger partial charge in [0.15, 0.2) is 0 Å². The molecule has 25 heavy (non-hydrogen) atoms. The van der Waals surface area contributed by atoms with Crippen LogP contribution >= 0.6 is 23.6 Å². The predicted octanol–water partition coefficient (Wildman–Crippen LogP) is 6.00. The summed E-state index contributed by atoms with van der Waals surface area (Å²) in [5, 5.41) is 4.35. The molecule has 0 aliphatic rings. The molecule has 0 unspecified atom stereocenters. The van der Waals surface area contributed by atoms with Gasteiger partial charge < -0.3 is 10.3 Å². The lowest BCUT2D eigenvalue weighted by Gasteiger charge is -2.05. The molecule has 0 saturated heterocycles. The normalized spacial score (nSPS) is 10.9. The molecule has 2 N–H and O–H groups in total. The molecule has 3 nitrogen and oxygen atoms in total. The molecule has 0 spiro atoms. The zero-order chi connectivity index (χ0) is 17.2. The third kappa shape index (κ3) is 3.34. The van der Waals surface area contributed by atoms with Crippen molar-refractivity contribution in [3.63, 3.8) is 0 Å². The number of aromatic nitrogens is 2. The summed E-state index contributed by atoms with van der Waals surface area (Å²) < 4.78 is 0.733. The van der Waals surface area contributed by atoms with Crippen LogP contribution in [-0.2, 0) is 6.42 Å². The highest BCUT2D eigenvalue weighted by Crippen LogP contribution is 2.32. The topological polar surface area (TPSA) is 40.7 Å². The summed E-state index contributed by atoms with van der Waals surface area (Å²) in [6.45, 7) is 2.13. The van der Waals surface area contributed by atoms with Crippen LogP contribution in [0.1, 0.15) is 16.0 Å². The maximum absolute atomic E-state index is 5.59. The van der Waals surface area contributed by atoms with Crippen molar-refractivity contribution in [1.82, 2.24) is 9.97 Å². The smallest absolute Gasteiger partial charge is 0.207 e. The zero-order valence-electron chi connectivity index (χ0n) is 13.7. The van der Waals surface area contributed by atoms with Crippen LogP contribution < -0.4 is 5.32 Å². The molecule has 0 aliphatic carbocycles. The highest BCUT2D eigenvalue weighted by atomic mass is 32.1. The Morgan fingerprint density at radius 1 is 1.04 bits per heavy atom. The molecular weight excluding hydrogens is 346 g/mol. The van der Waals surface area contributed by atoms with E-state index in [9.17, 15) is 0 Å². The first-order valence-corrected chi connectivity index (χ1v) is 9.31. The fourth-order valence-electron chi connectivity index (χ4n) is 2.86. The standard InChI is InChI=1S/C20H17N3S2/c1-13-16(12-14-8-4-2-5-9-14)25-19-17(13)18(24)22-20(23-19)21-15-10-6-3-7-11-15/h2-11H,12H2,1H3,(H2,21,22,23,24). The van der Waals surface area contributed by atoms with Gasteiger partial charge >= 0.3 is 0 Å². The molecule has 0 atom stereocenters. The molecule has 0 amide bonds. The minimum atomic E-state index is 0.677. The van der Waals surface area contributed by atoms with E-state index in [0.717, 1.165) is 27.0 Å². The fourth-order valence-corrected chi connectivity index (χ4v) is 4.49. The van der Waals surface area contributed by atoms with E-state index in [2.05, 4.69) is 41.5 Å². The molecule has 4 aromatic rings. The van der Waals surface area contributed by atoms with Gasteiger partial charge in [0.1, 0.15) is 9.47 Å². The number of anilines is 2. The number of nitrogens with zero attached hydrogens (tertiary/aromatic N) is 1. The van der Waals surface area contributed by atoms with Crippen molar-refractivity contribution in [2.75, 3.05) is 5.32 Å². The van der Waals surface area contributed by atoms with Gasteiger partial charge in [-0.3, -0.25) is 0 Å². The summed E-state index contributed by atoms with van der Waals surface area (Å²) >= 11 is 7.31. The van der Waals surface area contributed by atoms with E-state index in [1.165, 1.54) is 16.0 Å². The minimum Gasteiger partial charge on any atom is -0.326 e. The molecule has 5 heteroatoms. The van der Waals surface area contributed by atoms with Gasteiger partial charge in [-0.2, -0.15) is 0 Å². The van der Waals surface area contributed by atoms with Crippen molar-refractivity contribution in [1.29, 1.82) is 0 Å². The number of aromatic amines is 1. The van der Waals surface area contributed by atoms with Crippen LogP contribution in [-0.4, -0.2) is 9.97 Å². The van der Waals surface area contributed by atoms with Crippen LogP contribution in [0.5, 0.6) is 0 Å². The molecule has 2 aromatic carbocycles. The lowest BCUT2D eigenvalue weighted by molar-refractivity contribution is 1.19. The van der Waals surface area contributed by atoms with Gasteiger partial charge in [-0.1, -0.05) is 60.7 Å². The maximum atomic E-state index is 5.59. The molecule has 0 fully saturated rings. The largest absolute Gasteiger partial charge is 0.326 e. The van der Waals surface area contributed by atoms with E-state index in [1.807, 2.05) is 36.4 Å². The average Bonchev–Trinajstić information content (AvgIpc) is 2.93. The molecule has 2 heterocycles. The van der Waals surface area contributed by atoms with Gasteiger partial charge in [0.25, 0.3) is 0 Å². The van der Waals surface area contributed by atoms with Gasteiger partial charge in [-0.05, 0) is 30.2 Å².